The number of nitrogens with zero attached hydrogens (tertiary/aromatic N) is 1. The Hall–Kier alpha value is -5.03. The zero-order valence-electron chi connectivity index (χ0n) is 20.1. The van der Waals surface area contributed by atoms with Gasteiger partial charge in [-0.25, -0.2) is 9.69 Å². The zero-order chi connectivity index (χ0) is 26.2. The van der Waals surface area contributed by atoms with Crippen molar-refractivity contribution in [3.05, 3.63) is 89.5 Å². The van der Waals surface area contributed by atoms with E-state index in [-0.39, 0.29) is 12.2 Å². The number of urea groups is 1. The van der Waals surface area contributed by atoms with Crippen molar-refractivity contribution in [2.24, 2.45) is 0 Å². The highest BCUT2D eigenvalue weighted by molar-refractivity contribution is 6.39. The van der Waals surface area contributed by atoms with Crippen LogP contribution < -0.4 is 24.4 Å². The van der Waals surface area contributed by atoms with E-state index in [4.69, 9.17) is 20.6 Å². The van der Waals surface area contributed by atoms with Crippen molar-refractivity contribution in [3.63, 3.8) is 0 Å². The summed E-state index contributed by atoms with van der Waals surface area (Å²) < 4.78 is 16.8. The van der Waals surface area contributed by atoms with Crippen molar-refractivity contribution < 1.29 is 28.6 Å². The highest BCUT2D eigenvalue weighted by atomic mass is 16.5. The molecule has 0 radical (unpaired) electrons. The molecule has 3 aromatic rings. The van der Waals surface area contributed by atoms with Gasteiger partial charge in [0.15, 0.2) is 11.5 Å². The van der Waals surface area contributed by atoms with Crippen LogP contribution in [0.1, 0.15) is 18.1 Å². The van der Waals surface area contributed by atoms with E-state index in [1.807, 2.05) is 37.3 Å². The molecule has 1 aliphatic rings. The molecule has 8 nitrogen and oxygen atoms in total. The maximum absolute atomic E-state index is 13.2. The number of hydrogen-bond acceptors (Lipinski definition) is 6. The van der Waals surface area contributed by atoms with E-state index in [1.54, 1.807) is 42.5 Å². The normalized spacial score (nSPS) is 14.2. The van der Waals surface area contributed by atoms with Gasteiger partial charge in [0.05, 0.1) is 12.3 Å². The largest absolute Gasteiger partial charge is 0.490 e. The van der Waals surface area contributed by atoms with Crippen LogP contribution in [0.2, 0.25) is 0 Å². The number of nitrogens with one attached hydrogen (secondary N) is 1. The molecule has 1 N–H and O–H groups in total. The standard InChI is InChI=1S/C29H24N2O6/c1-3-16-36-25-15-10-21(18-26(25)35-4-2)17-24-27(32)30-29(34)31(28(24)33)22-11-13-23(14-12-22)37-19-20-8-6-5-7-9-20/h1,5-15,17-18H,4,16,19H2,2H3,(H,30,32,34)/b24-17+. The maximum atomic E-state index is 13.2. The predicted octanol–water partition coefficient (Wildman–Crippen LogP) is 4.34. The Kier molecular flexibility index (Phi) is 7.86. The third-order valence-corrected chi connectivity index (χ3v) is 5.33. The zero-order valence-corrected chi connectivity index (χ0v) is 20.1. The molecule has 4 amide bonds. The smallest absolute Gasteiger partial charge is 0.335 e. The summed E-state index contributed by atoms with van der Waals surface area (Å²) in [4.78, 5) is 39.2. The van der Waals surface area contributed by atoms with E-state index in [2.05, 4.69) is 11.2 Å². The van der Waals surface area contributed by atoms with Gasteiger partial charge in [-0.15, -0.1) is 6.42 Å². The molecule has 1 heterocycles. The molecule has 1 saturated heterocycles. The van der Waals surface area contributed by atoms with Gasteiger partial charge in [0.25, 0.3) is 11.8 Å². The quantitative estimate of drug-likeness (QED) is 0.269. The van der Waals surface area contributed by atoms with E-state index < -0.39 is 17.8 Å². The minimum absolute atomic E-state index is 0.0640. The fourth-order valence-electron chi connectivity index (χ4n) is 3.61. The van der Waals surface area contributed by atoms with Gasteiger partial charge in [-0.2, -0.15) is 0 Å². The van der Waals surface area contributed by atoms with E-state index >= 15 is 0 Å². The van der Waals surface area contributed by atoms with E-state index in [1.165, 1.54) is 6.08 Å². The van der Waals surface area contributed by atoms with Crippen LogP contribution in [-0.4, -0.2) is 31.1 Å². The molecule has 0 atom stereocenters. The second-order valence-electron chi connectivity index (χ2n) is 7.86. The summed E-state index contributed by atoms with van der Waals surface area (Å²) in [7, 11) is 0. The summed E-state index contributed by atoms with van der Waals surface area (Å²) in [6.07, 6.45) is 6.65. The Bertz CT molecular complexity index is 1370. The first-order valence-corrected chi connectivity index (χ1v) is 11.5. The lowest BCUT2D eigenvalue weighted by molar-refractivity contribution is -0.122. The van der Waals surface area contributed by atoms with Crippen LogP contribution in [-0.2, 0) is 16.2 Å². The molecule has 37 heavy (non-hydrogen) atoms. The number of amides is 4. The van der Waals surface area contributed by atoms with Crippen LogP contribution in [0.4, 0.5) is 10.5 Å². The highest BCUT2D eigenvalue weighted by Crippen LogP contribution is 2.30. The van der Waals surface area contributed by atoms with Gasteiger partial charge in [-0.3, -0.25) is 14.9 Å². The fourth-order valence-corrected chi connectivity index (χ4v) is 3.61. The Labute approximate surface area is 214 Å². The highest BCUT2D eigenvalue weighted by Gasteiger charge is 2.36. The van der Waals surface area contributed by atoms with Gasteiger partial charge in [0.2, 0.25) is 0 Å². The number of terminal acetylenes is 1. The van der Waals surface area contributed by atoms with Crippen molar-refractivity contribution in [1.29, 1.82) is 0 Å². The van der Waals surface area contributed by atoms with Crippen molar-refractivity contribution in [1.82, 2.24) is 5.32 Å². The number of carbonyl (C=O) groups excluding carboxylic acids is 3. The molecule has 186 valence electrons. The topological polar surface area (TPSA) is 94.2 Å². The maximum Gasteiger partial charge on any atom is 0.335 e. The first kappa shape index (κ1) is 25.1. The number of barbiturate groups is 1. The third kappa shape index (κ3) is 5.97. The second-order valence-corrected chi connectivity index (χ2v) is 7.86. The second kappa shape index (κ2) is 11.6. The summed E-state index contributed by atoms with van der Waals surface area (Å²) in [5, 5.41) is 2.22. The summed E-state index contributed by atoms with van der Waals surface area (Å²) in [6, 6.07) is 20.2. The van der Waals surface area contributed by atoms with Crippen molar-refractivity contribution in [2.45, 2.75) is 13.5 Å². The van der Waals surface area contributed by atoms with E-state index in [0.29, 0.717) is 41.7 Å². The number of carbonyl (C=O) groups is 3. The number of ether oxygens (including phenoxy) is 3. The van der Waals surface area contributed by atoms with Gasteiger partial charge in [-0.1, -0.05) is 42.3 Å². The van der Waals surface area contributed by atoms with Crippen LogP contribution >= 0.6 is 0 Å². The van der Waals surface area contributed by atoms with E-state index in [9.17, 15) is 14.4 Å². The number of rotatable bonds is 9. The monoisotopic (exact) mass is 496 g/mol. The Morgan fingerprint density at radius 2 is 1.68 bits per heavy atom. The molecular formula is C29H24N2O6. The third-order valence-electron chi connectivity index (χ3n) is 5.33. The van der Waals surface area contributed by atoms with Crippen LogP contribution in [0.25, 0.3) is 6.08 Å². The number of hydrogen-bond donors (Lipinski definition) is 1. The molecule has 1 aliphatic heterocycles. The lowest BCUT2D eigenvalue weighted by Crippen LogP contribution is -2.54. The molecule has 0 bridgehead atoms. The first-order valence-electron chi connectivity index (χ1n) is 11.5. The van der Waals surface area contributed by atoms with Gasteiger partial charge < -0.3 is 14.2 Å². The summed E-state index contributed by atoms with van der Waals surface area (Å²) in [5.41, 5.74) is 1.60. The molecule has 0 spiro atoms. The molecule has 0 saturated carbocycles. The van der Waals surface area contributed by atoms with Crippen LogP contribution in [0.5, 0.6) is 17.2 Å². The molecular weight excluding hydrogens is 472 g/mol. The molecule has 3 aromatic carbocycles. The molecule has 4 rings (SSSR count). The molecule has 0 aliphatic carbocycles. The van der Waals surface area contributed by atoms with Gasteiger partial charge in [-0.05, 0) is 60.5 Å². The van der Waals surface area contributed by atoms with Gasteiger partial charge in [0, 0.05) is 0 Å². The van der Waals surface area contributed by atoms with Gasteiger partial charge in [0.1, 0.15) is 24.5 Å². The molecule has 0 aromatic heterocycles. The van der Waals surface area contributed by atoms with Crippen molar-refractivity contribution >= 4 is 29.6 Å². The predicted molar refractivity (Wildman–Crippen MR) is 138 cm³/mol. The summed E-state index contributed by atoms with van der Waals surface area (Å²) in [6.45, 7) is 2.63. The Balaban J connectivity index is 1.55. The van der Waals surface area contributed by atoms with Crippen LogP contribution in [0.15, 0.2) is 78.4 Å². The first-order chi connectivity index (χ1) is 18.0. The molecule has 1 fully saturated rings. The SMILES string of the molecule is C#CCOc1ccc(/C=C2\C(=O)NC(=O)N(c3ccc(OCc4ccccc4)cc3)C2=O)cc1OCC. The summed E-state index contributed by atoms with van der Waals surface area (Å²) in [5.74, 6) is 2.26. The minimum Gasteiger partial charge on any atom is -0.490 e. The van der Waals surface area contributed by atoms with Crippen LogP contribution in [0, 0.1) is 12.3 Å². The average Bonchev–Trinajstić information content (AvgIpc) is 2.91. The van der Waals surface area contributed by atoms with Gasteiger partial charge >= 0.3 is 6.03 Å². The lowest BCUT2D eigenvalue weighted by atomic mass is 10.1. The number of imide groups is 2. The molecule has 8 heteroatoms. The van der Waals surface area contributed by atoms with Crippen molar-refractivity contribution in [2.75, 3.05) is 18.1 Å². The van der Waals surface area contributed by atoms with Crippen molar-refractivity contribution in [3.8, 4) is 29.6 Å². The van der Waals surface area contributed by atoms with Crippen LogP contribution in [0.3, 0.4) is 0 Å². The Morgan fingerprint density at radius 1 is 0.919 bits per heavy atom. The number of anilines is 1. The molecule has 0 unspecified atom stereocenters. The number of benzene rings is 3. The Morgan fingerprint density at radius 3 is 2.38 bits per heavy atom. The minimum atomic E-state index is -0.835. The average molecular weight is 497 g/mol. The lowest BCUT2D eigenvalue weighted by Gasteiger charge is -2.26. The summed E-state index contributed by atoms with van der Waals surface area (Å²) >= 11 is 0. The van der Waals surface area contributed by atoms with E-state index in [0.717, 1.165) is 10.5 Å². The fraction of sp³-hybridized carbons (Fsp3) is 0.138.